The van der Waals surface area contributed by atoms with Crippen molar-refractivity contribution in [2.75, 3.05) is 6.54 Å². The van der Waals surface area contributed by atoms with Crippen LogP contribution < -0.4 is 10.9 Å². The minimum atomic E-state index is -0.613. The molecule has 3 rings (SSSR count). The first-order valence-corrected chi connectivity index (χ1v) is 8.03. The van der Waals surface area contributed by atoms with E-state index in [1.165, 1.54) is 18.0 Å². The molecule has 2 heterocycles. The highest BCUT2D eigenvalue weighted by Crippen LogP contribution is 2.21. The number of nitrogens with zero attached hydrogens (tertiary/aromatic N) is 3. The Balaban J connectivity index is 1.80. The van der Waals surface area contributed by atoms with Crippen LogP contribution in [0.3, 0.4) is 0 Å². The molecule has 1 fully saturated rings. The van der Waals surface area contributed by atoms with Gasteiger partial charge in [-0.1, -0.05) is 18.2 Å². The molecule has 25 heavy (non-hydrogen) atoms. The third-order valence-corrected chi connectivity index (χ3v) is 4.07. The molecule has 0 saturated carbocycles. The molecule has 8 nitrogen and oxygen atoms in total. The Hall–Kier alpha value is -3.16. The number of benzene rings is 1. The highest BCUT2D eigenvalue weighted by Gasteiger charge is 2.35. The Labute approximate surface area is 144 Å². The van der Waals surface area contributed by atoms with Gasteiger partial charge in [0.05, 0.1) is 12.5 Å². The van der Waals surface area contributed by atoms with Gasteiger partial charge in [0.1, 0.15) is 11.7 Å². The summed E-state index contributed by atoms with van der Waals surface area (Å²) in [4.78, 5) is 41.7. The second kappa shape index (κ2) is 7.16. The fourth-order valence-electron chi connectivity index (χ4n) is 2.91. The summed E-state index contributed by atoms with van der Waals surface area (Å²) in [6.45, 7) is 1.78. The highest BCUT2D eigenvalue weighted by molar-refractivity contribution is 5.97. The van der Waals surface area contributed by atoms with Crippen molar-refractivity contribution in [2.45, 2.75) is 25.8 Å². The van der Waals surface area contributed by atoms with Crippen molar-refractivity contribution in [3.63, 3.8) is 0 Å². The molecule has 1 aromatic carbocycles. The first kappa shape index (κ1) is 16.7. The van der Waals surface area contributed by atoms with E-state index in [2.05, 4.69) is 15.8 Å². The molecule has 130 valence electrons. The fourth-order valence-corrected chi connectivity index (χ4v) is 2.91. The van der Waals surface area contributed by atoms with E-state index >= 15 is 0 Å². The molecule has 3 amide bonds. The number of rotatable bonds is 3. The number of para-hydroxylation sites is 1. The largest absolute Gasteiger partial charge is 0.325 e. The molecule has 1 saturated heterocycles. The standard InChI is InChI=1S/C17H19N5O3/c1-12(23)19-20-16(24)14-8-5-9-21(14)17(25)15-10-18-11-22(15)13-6-3-2-4-7-13/h2-4,6-7,10-11,14H,5,8-9H2,1H3,(H,19,23)(H,20,24)/t14-/m0/s1. The van der Waals surface area contributed by atoms with Crippen molar-refractivity contribution in [3.05, 3.63) is 48.5 Å². The first-order valence-electron chi connectivity index (χ1n) is 8.03. The van der Waals surface area contributed by atoms with Gasteiger partial charge >= 0.3 is 0 Å². The van der Waals surface area contributed by atoms with Crippen LogP contribution in [0.4, 0.5) is 0 Å². The molecular formula is C17H19N5O3. The van der Waals surface area contributed by atoms with Gasteiger partial charge in [0, 0.05) is 19.2 Å². The molecule has 0 spiro atoms. The van der Waals surface area contributed by atoms with Crippen molar-refractivity contribution in [1.82, 2.24) is 25.3 Å². The van der Waals surface area contributed by atoms with Gasteiger partial charge in [-0.3, -0.25) is 29.8 Å². The van der Waals surface area contributed by atoms with Crippen molar-refractivity contribution >= 4 is 17.7 Å². The number of hydrazine groups is 1. The zero-order valence-electron chi connectivity index (χ0n) is 13.8. The van der Waals surface area contributed by atoms with Crippen molar-refractivity contribution < 1.29 is 14.4 Å². The predicted octanol–water partition coefficient (Wildman–Crippen LogP) is 0.644. The van der Waals surface area contributed by atoms with Gasteiger partial charge in [0.25, 0.3) is 11.8 Å². The highest BCUT2D eigenvalue weighted by atomic mass is 16.2. The number of carbonyl (C=O) groups excluding carboxylic acids is 3. The minimum absolute atomic E-state index is 0.262. The summed E-state index contributed by atoms with van der Waals surface area (Å²) in [5.74, 6) is -1.03. The van der Waals surface area contributed by atoms with Crippen molar-refractivity contribution in [1.29, 1.82) is 0 Å². The Kier molecular flexibility index (Phi) is 4.78. The summed E-state index contributed by atoms with van der Waals surface area (Å²) in [7, 11) is 0. The zero-order chi connectivity index (χ0) is 17.8. The van der Waals surface area contributed by atoms with E-state index in [4.69, 9.17) is 0 Å². The zero-order valence-corrected chi connectivity index (χ0v) is 13.8. The first-order chi connectivity index (χ1) is 12.1. The van der Waals surface area contributed by atoms with E-state index in [0.29, 0.717) is 18.7 Å². The lowest BCUT2D eigenvalue weighted by atomic mass is 10.2. The molecule has 1 aromatic heterocycles. The van der Waals surface area contributed by atoms with Crippen molar-refractivity contribution in [2.24, 2.45) is 0 Å². The summed E-state index contributed by atoms with van der Waals surface area (Å²) in [6, 6.07) is 8.79. The summed E-state index contributed by atoms with van der Waals surface area (Å²) >= 11 is 0. The lowest BCUT2D eigenvalue weighted by Gasteiger charge is -2.24. The quantitative estimate of drug-likeness (QED) is 0.801. The Bertz CT molecular complexity index is 787. The minimum Gasteiger partial charge on any atom is -0.325 e. The molecule has 2 N–H and O–H groups in total. The van der Waals surface area contributed by atoms with Gasteiger partial charge in [0.15, 0.2) is 0 Å². The average molecular weight is 341 g/mol. The molecule has 1 aliphatic rings. The van der Waals surface area contributed by atoms with Crippen LogP contribution in [0, 0.1) is 0 Å². The van der Waals surface area contributed by atoms with Crippen LogP contribution in [-0.2, 0) is 9.59 Å². The number of aromatic nitrogens is 2. The normalized spacial score (nSPS) is 16.5. The van der Waals surface area contributed by atoms with Gasteiger partial charge in [-0.05, 0) is 25.0 Å². The average Bonchev–Trinajstić information content (AvgIpc) is 3.29. The molecule has 2 aromatic rings. The lowest BCUT2D eigenvalue weighted by molar-refractivity contribution is -0.130. The van der Waals surface area contributed by atoms with Gasteiger partial charge in [-0.25, -0.2) is 4.98 Å². The third kappa shape index (κ3) is 3.52. The van der Waals surface area contributed by atoms with E-state index in [0.717, 1.165) is 12.1 Å². The molecule has 0 bridgehead atoms. The molecule has 0 radical (unpaired) electrons. The second-order valence-corrected chi connectivity index (χ2v) is 5.81. The van der Waals surface area contributed by atoms with Gasteiger partial charge in [-0.15, -0.1) is 0 Å². The fraction of sp³-hybridized carbons (Fsp3) is 0.294. The van der Waals surface area contributed by atoms with Gasteiger partial charge in [-0.2, -0.15) is 0 Å². The third-order valence-electron chi connectivity index (χ3n) is 4.07. The molecule has 8 heteroatoms. The summed E-state index contributed by atoms with van der Waals surface area (Å²) in [5.41, 5.74) is 5.82. The number of imidazole rings is 1. The van der Waals surface area contributed by atoms with Crippen LogP contribution in [-0.4, -0.2) is 44.8 Å². The molecule has 0 aliphatic carbocycles. The van der Waals surface area contributed by atoms with Crippen LogP contribution in [0.2, 0.25) is 0 Å². The molecule has 1 aliphatic heterocycles. The molecule has 0 unspecified atom stereocenters. The summed E-state index contributed by atoms with van der Waals surface area (Å²) in [6.07, 6.45) is 4.35. The predicted molar refractivity (Wildman–Crippen MR) is 89.6 cm³/mol. The SMILES string of the molecule is CC(=O)NNC(=O)[C@@H]1CCCN1C(=O)c1cncn1-c1ccccc1. The van der Waals surface area contributed by atoms with Crippen molar-refractivity contribution in [3.8, 4) is 5.69 Å². The summed E-state index contributed by atoms with van der Waals surface area (Å²) < 4.78 is 1.70. The second-order valence-electron chi connectivity index (χ2n) is 5.81. The topological polar surface area (TPSA) is 96.3 Å². The van der Waals surface area contributed by atoms with E-state index in [9.17, 15) is 14.4 Å². The van der Waals surface area contributed by atoms with Crippen LogP contribution in [0.15, 0.2) is 42.9 Å². The Morgan fingerprint density at radius 1 is 1.16 bits per heavy atom. The lowest BCUT2D eigenvalue weighted by Crippen LogP contribution is -2.51. The Morgan fingerprint density at radius 3 is 2.64 bits per heavy atom. The van der Waals surface area contributed by atoms with Crippen LogP contribution in [0.5, 0.6) is 0 Å². The van der Waals surface area contributed by atoms with Crippen LogP contribution in [0.1, 0.15) is 30.3 Å². The maximum absolute atomic E-state index is 13.0. The number of likely N-dealkylation sites (tertiary alicyclic amines) is 1. The van der Waals surface area contributed by atoms with E-state index in [-0.39, 0.29) is 11.8 Å². The Morgan fingerprint density at radius 2 is 1.92 bits per heavy atom. The van der Waals surface area contributed by atoms with Gasteiger partial charge in [0.2, 0.25) is 5.91 Å². The number of hydrogen-bond donors (Lipinski definition) is 2. The van der Waals surface area contributed by atoms with E-state index in [1.54, 1.807) is 10.9 Å². The number of nitrogens with one attached hydrogen (secondary N) is 2. The van der Waals surface area contributed by atoms with E-state index in [1.807, 2.05) is 30.3 Å². The number of carbonyl (C=O) groups is 3. The molecule has 1 atom stereocenters. The smallest absolute Gasteiger partial charge is 0.273 e. The maximum Gasteiger partial charge on any atom is 0.273 e. The van der Waals surface area contributed by atoms with Crippen LogP contribution in [0.25, 0.3) is 5.69 Å². The van der Waals surface area contributed by atoms with E-state index < -0.39 is 11.9 Å². The number of amides is 3. The maximum atomic E-state index is 13.0. The monoisotopic (exact) mass is 341 g/mol. The summed E-state index contributed by atoms with van der Waals surface area (Å²) in [5, 5.41) is 0. The number of hydrogen-bond acceptors (Lipinski definition) is 4. The van der Waals surface area contributed by atoms with Crippen LogP contribution >= 0.6 is 0 Å². The van der Waals surface area contributed by atoms with Gasteiger partial charge < -0.3 is 4.90 Å². The molecular weight excluding hydrogens is 322 g/mol.